The second-order valence-electron chi connectivity index (χ2n) is 22.2. The fourth-order valence-electron chi connectivity index (χ4n) is 10.5. The second-order valence-corrected chi connectivity index (χ2v) is 31.7. The maximum absolute atomic E-state index is 13.4. The SMILES string of the molecule is C=C1/C(=C\C=C2/CCC[C@]3(C)[C@@H]([C@H](C)/C=C/C(=O)CCC4(C5(CCCCC)OCCO5)CC4)CC[C@@H]23)C[C@@H](O[Si](C)(C)C(C)(C)C)C[C@@H]1O[Si](C)(C)C(C)(C)C. The van der Waals surface area contributed by atoms with Crippen LogP contribution in [0.15, 0.2) is 47.6 Å². The smallest absolute Gasteiger partial charge is 0.192 e. The molecule has 4 aliphatic carbocycles. The predicted molar refractivity (Wildman–Crippen MR) is 240 cm³/mol. The summed E-state index contributed by atoms with van der Waals surface area (Å²) in [5, 5.41) is 0.290. The number of unbranched alkanes of at least 4 members (excludes halogenated alkanes) is 2. The van der Waals surface area contributed by atoms with Crippen molar-refractivity contribution in [3.63, 3.8) is 0 Å². The van der Waals surface area contributed by atoms with Crippen LogP contribution in [0.1, 0.15) is 159 Å². The second kappa shape index (κ2) is 17.5. The van der Waals surface area contributed by atoms with Gasteiger partial charge in [0.15, 0.2) is 28.2 Å². The average Bonchev–Trinajstić information content (AvgIpc) is 3.59. The molecule has 56 heavy (non-hydrogen) atoms. The summed E-state index contributed by atoms with van der Waals surface area (Å²) in [6.07, 6.45) is 25.4. The zero-order chi connectivity index (χ0) is 41.4. The molecule has 0 aromatic rings. The van der Waals surface area contributed by atoms with Crippen molar-refractivity contribution in [1.82, 2.24) is 0 Å². The Bertz CT molecular complexity index is 1480. The normalized spacial score (nSPS) is 31.7. The minimum atomic E-state index is -2.01. The number of carbonyl (C=O) groups is 1. The van der Waals surface area contributed by atoms with E-state index >= 15 is 0 Å². The Kier molecular flexibility index (Phi) is 14.4. The lowest BCUT2D eigenvalue weighted by Gasteiger charge is -2.45. The molecule has 1 saturated heterocycles. The molecule has 7 heteroatoms. The van der Waals surface area contributed by atoms with Crippen molar-refractivity contribution in [1.29, 1.82) is 0 Å². The topological polar surface area (TPSA) is 54.0 Å². The highest BCUT2D eigenvalue weighted by molar-refractivity contribution is 6.74. The van der Waals surface area contributed by atoms with Crippen molar-refractivity contribution in [3.05, 3.63) is 47.6 Å². The van der Waals surface area contributed by atoms with Gasteiger partial charge in [-0.05, 0) is 141 Å². The van der Waals surface area contributed by atoms with Crippen LogP contribution in [-0.2, 0) is 23.1 Å². The monoisotopic (exact) mass is 809 g/mol. The number of ether oxygens (including phenoxy) is 2. The Morgan fingerprint density at radius 1 is 0.929 bits per heavy atom. The van der Waals surface area contributed by atoms with Crippen molar-refractivity contribution in [2.24, 2.45) is 28.6 Å². The maximum atomic E-state index is 13.4. The largest absolute Gasteiger partial charge is 0.413 e. The highest BCUT2D eigenvalue weighted by Crippen LogP contribution is 2.62. The summed E-state index contributed by atoms with van der Waals surface area (Å²) in [6, 6.07) is 0. The van der Waals surface area contributed by atoms with E-state index in [4.69, 9.17) is 24.9 Å². The first-order valence-electron chi connectivity index (χ1n) is 22.9. The van der Waals surface area contributed by atoms with Crippen molar-refractivity contribution in [2.75, 3.05) is 13.2 Å². The third-order valence-electron chi connectivity index (χ3n) is 16.4. The zero-order valence-electron chi connectivity index (χ0n) is 38.5. The van der Waals surface area contributed by atoms with Crippen LogP contribution in [0.4, 0.5) is 0 Å². The molecule has 5 nitrogen and oxygen atoms in total. The Hall–Kier alpha value is -1.10. The highest BCUT2D eigenvalue weighted by atomic mass is 28.4. The molecule has 5 fully saturated rings. The molecule has 0 spiro atoms. The predicted octanol–water partition coefficient (Wildman–Crippen LogP) is 13.8. The van der Waals surface area contributed by atoms with E-state index in [1.165, 1.54) is 50.5 Å². The first kappa shape index (κ1) is 46.0. The standard InChI is InChI=1S/C49H84O5Si2/c1-15-16-17-28-49(51-32-33-52-49)48(30-31-48)29-26-40(50)23-20-36(2)42-24-25-43-38(19-18-27-47(42,43)10)21-22-39-34-41(53-55(11,12)45(4,5)6)35-44(37(39)3)54-56(13,14)46(7,8)9/h20-23,36,41-44H,3,15-19,24-35H2,1-2,4-14H3/b23-20+,38-21+,39-22-/t36-,41-,42-,43+,44+,47-/m1/s1. The van der Waals surface area contributed by atoms with Gasteiger partial charge in [-0.3, -0.25) is 4.79 Å². The van der Waals surface area contributed by atoms with Crippen molar-refractivity contribution in [2.45, 2.75) is 213 Å². The summed E-state index contributed by atoms with van der Waals surface area (Å²) in [7, 11) is -3.98. The lowest BCUT2D eigenvalue weighted by atomic mass is 9.61. The Balaban J connectivity index is 1.26. The highest BCUT2D eigenvalue weighted by Gasteiger charge is 2.62. The van der Waals surface area contributed by atoms with E-state index in [9.17, 15) is 4.79 Å². The number of ketones is 1. The van der Waals surface area contributed by atoms with Crippen LogP contribution in [0.3, 0.4) is 0 Å². The van der Waals surface area contributed by atoms with Crippen LogP contribution < -0.4 is 0 Å². The van der Waals surface area contributed by atoms with E-state index in [0.29, 0.717) is 37.4 Å². The molecule has 0 N–H and O–H groups in total. The van der Waals surface area contributed by atoms with E-state index in [2.05, 4.69) is 107 Å². The van der Waals surface area contributed by atoms with Crippen molar-refractivity contribution < 1.29 is 23.1 Å². The van der Waals surface area contributed by atoms with Crippen LogP contribution in [0, 0.1) is 28.6 Å². The van der Waals surface area contributed by atoms with Crippen LogP contribution in [0.5, 0.6) is 0 Å². The van der Waals surface area contributed by atoms with Crippen LogP contribution in [-0.4, -0.2) is 53.6 Å². The molecule has 1 heterocycles. The van der Waals surface area contributed by atoms with E-state index in [1.807, 2.05) is 6.08 Å². The molecule has 0 amide bonds. The average molecular weight is 809 g/mol. The van der Waals surface area contributed by atoms with Gasteiger partial charge in [0.1, 0.15) is 0 Å². The molecule has 1 aliphatic heterocycles. The van der Waals surface area contributed by atoms with Gasteiger partial charge in [-0.2, -0.15) is 0 Å². The summed E-state index contributed by atoms with van der Waals surface area (Å²) in [6.45, 7) is 36.7. The van der Waals surface area contributed by atoms with Gasteiger partial charge >= 0.3 is 0 Å². The summed E-state index contributed by atoms with van der Waals surface area (Å²) in [4.78, 5) is 13.4. The molecule has 0 bridgehead atoms. The molecular formula is C49H84O5Si2. The maximum Gasteiger partial charge on any atom is 0.192 e. The first-order valence-corrected chi connectivity index (χ1v) is 28.7. The van der Waals surface area contributed by atoms with E-state index < -0.39 is 22.4 Å². The summed E-state index contributed by atoms with van der Waals surface area (Å²) < 4.78 is 26.9. The van der Waals surface area contributed by atoms with Crippen molar-refractivity contribution >= 4 is 22.4 Å². The zero-order valence-corrected chi connectivity index (χ0v) is 40.5. The summed E-state index contributed by atoms with van der Waals surface area (Å²) in [5.74, 6) is 1.35. The molecule has 318 valence electrons. The van der Waals surface area contributed by atoms with Crippen LogP contribution in [0.2, 0.25) is 36.3 Å². The number of carbonyl (C=O) groups excluding carboxylic acids is 1. The lowest BCUT2D eigenvalue weighted by Crippen LogP contribution is -2.49. The summed E-state index contributed by atoms with van der Waals surface area (Å²) in [5.41, 5.74) is 4.37. The number of hydrogen-bond donors (Lipinski definition) is 0. The Labute approximate surface area is 346 Å². The molecule has 5 rings (SSSR count). The molecule has 5 aliphatic rings. The molecular weight excluding hydrogens is 725 g/mol. The van der Waals surface area contributed by atoms with Gasteiger partial charge in [0.2, 0.25) is 0 Å². The first-order chi connectivity index (χ1) is 26.0. The van der Waals surface area contributed by atoms with Crippen LogP contribution >= 0.6 is 0 Å². The fourth-order valence-corrected chi connectivity index (χ4v) is 13.2. The van der Waals surface area contributed by atoms with Gasteiger partial charge in [-0.25, -0.2) is 0 Å². The molecule has 0 radical (unpaired) electrons. The molecule has 4 saturated carbocycles. The minimum Gasteiger partial charge on any atom is -0.413 e. The van der Waals surface area contributed by atoms with Gasteiger partial charge < -0.3 is 18.3 Å². The molecule has 0 aromatic heterocycles. The summed E-state index contributed by atoms with van der Waals surface area (Å²) >= 11 is 0. The fraction of sp³-hybridized carbons (Fsp3) is 0.816. The minimum absolute atomic E-state index is 0.00186. The van der Waals surface area contributed by atoms with Crippen molar-refractivity contribution in [3.8, 4) is 0 Å². The Morgan fingerprint density at radius 3 is 2.18 bits per heavy atom. The Morgan fingerprint density at radius 2 is 1.57 bits per heavy atom. The molecule has 0 aromatic carbocycles. The van der Waals surface area contributed by atoms with E-state index in [0.717, 1.165) is 50.5 Å². The number of hydrogen-bond acceptors (Lipinski definition) is 5. The lowest BCUT2D eigenvalue weighted by molar-refractivity contribution is -0.213. The third-order valence-corrected chi connectivity index (χ3v) is 25.4. The van der Waals surface area contributed by atoms with E-state index in [1.54, 1.807) is 5.57 Å². The number of allylic oxidation sites excluding steroid dienone is 5. The van der Waals surface area contributed by atoms with Gasteiger partial charge in [0.05, 0.1) is 25.4 Å². The van der Waals surface area contributed by atoms with Gasteiger partial charge in [0, 0.05) is 24.7 Å². The number of fused-ring (bicyclic) bond motifs is 1. The van der Waals surface area contributed by atoms with Crippen LogP contribution in [0.25, 0.3) is 0 Å². The van der Waals surface area contributed by atoms with E-state index in [-0.39, 0.29) is 38.9 Å². The third kappa shape index (κ3) is 9.91. The molecule has 0 unspecified atom stereocenters. The van der Waals surface area contributed by atoms with Gasteiger partial charge in [-0.1, -0.05) is 106 Å². The quantitative estimate of drug-likeness (QED) is 0.0883. The van der Waals surface area contributed by atoms with Gasteiger partial charge in [0.25, 0.3) is 0 Å². The number of rotatable bonds is 16. The molecule has 6 atom stereocenters. The van der Waals surface area contributed by atoms with Gasteiger partial charge in [-0.15, -0.1) is 0 Å².